The first-order valence-corrected chi connectivity index (χ1v) is 10.2. The Bertz CT molecular complexity index is 881. The van der Waals surface area contributed by atoms with Crippen LogP contribution in [0, 0.1) is 11.7 Å². The highest BCUT2D eigenvalue weighted by Gasteiger charge is 2.28. The molecule has 1 unspecified atom stereocenters. The number of para-hydroxylation sites is 1. The van der Waals surface area contributed by atoms with Crippen LogP contribution in [0.2, 0.25) is 0 Å². The highest BCUT2D eigenvalue weighted by molar-refractivity contribution is 7.91. The normalized spacial score (nSPS) is 18.4. The molecule has 2 aromatic rings. The lowest BCUT2D eigenvalue weighted by molar-refractivity contribution is 0.0944. The molecule has 1 N–H and O–H groups in total. The summed E-state index contributed by atoms with van der Waals surface area (Å²) in [6, 6.07) is 12.8. The Morgan fingerprint density at radius 3 is 2.58 bits per heavy atom. The van der Waals surface area contributed by atoms with E-state index in [2.05, 4.69) is 5.32 Å². The van der Waals surface area contributed by atoms with Gasteiger partial charge in [-0.05, 0) is 42.2 Å². The fraction of sp³-hybridized carbons (Fsp3) is 0.316. The molecule has 0 bridgehead atoms. The maximum atomic E-state index is 12.9. The Hall–Kier alpha value is -2.41. The van der Waals surface area contributed by atoms with Gasteiger partial charge < -0.3 is 10.1 Å². The molecule has 1 atom stereocenters. The molecule has 0 spiro atoms. The summed E-state index contributed by atoms with van der Waals surface area (Å²) in [4.78, 5) is 12.4. The zero-order chi connectivity index (χ0) is 18.6. The van der Waals surface area contributed by atoms with Crippen molar-refractivity contribution in [2.75, 3.05) is 18.1 Å². The summed E-state index contributed by atoms with van der Waals surface area (Å²) in [7, 11) is -2.96. The van der Waals surface area contributed by atoms with E-state index >= 15 is 0 Å². The molecule has 1 saturated heterocycles. The number of benzene rings is 2. The van der Waals surface area contributed by atoms with E-state index in [0.717, 1.165) is 5.56 Å². The standard InChI is InChI=1S/C19H20FNO4S/c20-16-7-5-14(6-8-16)12-25-18-4-2-1-3-17(18)19(22)21-11-15-9-10-26(23,24)13-15/h1-8,15H,9-13H2,(H,21,22). The Kier molecular flexibility index (Phi) is 5.56. The summed E-state index contributed by atoms with van der Waals surface area (Å²) in [5.74, 6) is 0.0667. The van der Waals surface area contributed by atoms with Gasteiger partial charge in [0.1, 0.15) is 18.2 Å². The zero-order valence-corrected chi connectivity index (χ0v) is 15.0. The second-order valence-corrected chi connectivity index (χ2v) is 8.62. The van der Waals surface area contributed by atoms with E-state index in [1.165, 1.54) is 12.1 Å². The molecular formula is C19H20FNO4S. The second kappa shape index (κ2) is 7.86. The molecule has 5 nitrogen and oxygen atoms in total. The topological polar surface area (TPSA) is 72.5 Å². The van der Waals surface area contributed by atoms with Crippen molar-refractivity contribution in [1.29, 1.82) is 0 Å². The van der Waals surface area contributed by atoms with Crippen molar-refractivity contribution in [2.24, 2.45) is 5.92 Å². The van der Waals surface area contributed by atoms with Crippen LogP contribution < -0.4 is 10.1 Å². The van der Waals surface area contributed by atoms with Crippen LogP contribution in [0.15, 0.2) is 48.5 Å². The van der Waals surface area contributed by atoms with E-state index in [1.807, 2.05) is 0 Å². The first kappa shape index (κ1) is 18.4. The number of hydrogen-bond acceptors (Lipinski definition) is 4. The number of amides is 1. The molecule has 0 saturated carbocycles. The molecule has 26 heavy (non-hydrogen) atoms. The average Bonchev–Trinajstić information content (AvgIpc) is 2.98. The minimum Gasteiger partial charge on any atom is -0.488 e. The van der Waals surface area contributed by atoms with E-state index in [9.17, 15) is 17.6 Å². The molecule has 1 aliphatic heterocycles. The van der Waals surface area contributed by atoms with Gasteiger partial charge >= 0.3 is 0 Å². The van der Waals surface area contributed by atoms with Crippen LogP contribution in [0.25, 0.3) is 0 Å². The fourth-order valence-electron chi connectivity index (χ4n) is 2.89. The Morgan fingerprint density at radius 2 is 1.88 bits per heavy atom. The van der Waals surface area contributed by atoms with E-state index < -0.39 is 9.84 Å². The lowest BCUT2D eigenvalue weighted by Gasteiger charge is -2.13. The summed E-state index contributed by atoms with van der Waals surface area (Å²) in [6.07, 6.45) is 0.575. The molecule has 1 fully saturated rings. The van der Waals surface area contributed by atoms with Gasteiger partial charge in [0.05, 0.1) is 17.1 Å². The van der Waals surface area contributed by atoms with Gasteiger partial charge in [-0.3, -0.25) is 4.79 Å². The molecule has 0 aliphatic carbocycles. The van der Waals surface area contributed by atoms with Gasteiger partial charge in [-0.2, -0.15) is 0 Å². The van der Waals surface area contributed by atoms with Gasteiger partial charge in [0.15, 0.2) is 9.84 Å². The molecule has 2 aromatic carbocycles. The third kappa shape index (κ3) is 4.82. The fourth-order valence-corrected chi connectivity index (χ4v) is 4.75. The molecule has 0 aromatic heterocycles. The van der Waals surface area contributed by atoms with Crippen molar-refractivity contribution in [3.05, 3.63) is 65.5 Å². The van der Waals surface area contributed by atoms with Crippen LogP contribution in [0.4, 0.5) is 4.39 Å². The number of ether oxygens (including phenoxy) is 1. The third-order valence-corrected chi connectivity index (χ3v) is 6.15. The highest BCUT2D eigenvalue weighted by atomic mass is 32.2. The van der Waals surface area contributed by atoms with E-state index in [4.69, 9.17) is 4.74 Å². The lowest BCUT2D eigenvalue weighted by Crippen LogP contribution is -2.30. The largest absolute Gasteiger partial charge is 0.488 e. The molecular weight excluding hydrogens is 357 g/mol. The lowest BCUT2D eigenvalue weighted by atomic mass is 10.1. The van der Waals surface area contributed by atoms with Crippen molar-refractivity contribution in [2.45, 2.75) is 13.0 Å². The molecule has 0 radical (unpaired) electrons. The minimum absolute atomic E-state index is 0.0451. The average molecular weight is 377 g/mol. The summed E-state index contributed by atoms with van der Waals surface area (Å²) < 4.78 is 41.6. The van der Waals surface area contributed by atoms with Crippen molar-refractivity contribution in [1.82, 2.24) is 5.32 Å². The summed E-state index contributed by atoms with van der Waals surface area (Å²) >= 11 is 0. The SMILES string of the molecule is O=C(NCC1CCS(=O)(=O)C1)c1ccccc1OCc1ccc(F)cc1. The maximum absolute atomic E-state index is 12.9. The molecule has 1 aliphatic rings. The van der Waals surface area contributed by atoms with Gasteiger partial charge in [-0.15, -0.1) is 0 Å². The van der Waals surface area contributed by atoms with Gasteiger partial charge in [0.2, 0.25) is 0 Å². The molecule has 1 heterocycles. The predicted octanol–water partition coefficient (Wildman–Crippen LogP) is 2.57. The number of carbonyl (C=O) groups excluding carboxylic acids is 1. The second-order valence-electron chi connectivity index (χ2n) is 6.39. The van der Waals surface area contributed by atoms with E-state index in [-0.39, 0.29) is 35.8 Å². The Balaban J connectivity index is 1.60. The quantitative estimate of drug-likeness (QED) is 0.840. The number of sulfone groups is 1. The van der Waals surface area contributed by atoms with Crippen LogP contribution in [-0.4, -0.2) is 32.4 Å². The van der Waals surface area contributed by atoms with Crippen molar-refractivity contribution >= 4 is 15.7 Å². The molecule has 7 heteroatoms. The van der Waals surface area contributed by atoms with Gasteiger partial charge in [0, 0.05) is 6.54 Å². The van der Waals surface area contributed by atoms with Crippen molar-refractivity contribution in [3.63, 3.8) is 0 Å². The third-order valence-electron chi connectivity index (χ3n) is 4.32. The van der Waals surface area contributed by atoms with Crippen molar-refractivity contribution < 1.29 is 22.3 Å². The van der Waals surface area contributed by atoms with Crippen LogP contribution in [0.5, 0.6) is 5.75 Å². The van der Waals surface area contributed by atoms with E-state index in [1.54, 1.807) is 36.4 Å². The van der Waals surface area contributed by atoms with E-state index in [0.29, 0.717) is 24.3 Å². The monoisotopic (exact) mass is 377 g/mol. The summed E-state index contributed by atoms with van der Waals surface area (Å²) in [6.45, 7) is 0.538. The number of hydrogen-bond donors (Lipinski definition) is 1. The van der Waals surface area contributed by atoms with Crippen LogP contribution in [0.3, 0.4) is 0 Å². The zero-order valence-electron chi connectivity index (χ0n) is 14.2. The number of carbonyl (C=O) groups is 1. The molecule has 3 rings (SSSR count). The van der Waals surface area contributed by atoms with Crippen LogP contribution in [0.1, 0.15) is 22.3 Å². The number of rotatable bonds is 6. The van der Waals surface area contributed by atoms with Crippen LogP contribution >= 0.6 is 0 Å². The van der Waals surface area contributed by atoms with Gasteiger partial charge in [-0.25, -0.2) is 12.8 Å². The molecule has 1 amide bonds. The molecule has 138 valence electrons. The Labute approximate surface area is 152 Å². The summed E-state index contributed by atoms with van der Waals surface area (Å²) in [5, 5.41) is 2.79. The summed E-state index contributed by atoms with van der Waals surface area (Å²) in [5.41, 5.74) is 1.17. The first-order chi connectivity index (χ1) is 12.4. The number of nitrogens with one attached hydrogen (secondary N) is 1. The van der Waals surface area contributed by atoms with Gasteiger partial charge in [0.25, 0.3) is 5.91 Å². The Morgan fingerprint density at radius 1 is 1.15 bits per heavy atom. The van der Waals surface area contributed by atoms with Gasteiger partial charge in [-0.1, -0.05) is 24.3 Å². The number of halogens is 1. The maximum Gasteiger partial charge on any atom is 0.255 e. The minimum atomic E-state index is -2.96. The predicted molar refractivity (Wildman–Crippen MR) is 96.3 cm³/mol. The van der Waals surface area contributed by atoms with Crippen LogP contribution in [-0.2, 0) is 16.4 Å². The van der Waals surface area contributed by atoms with Crippen molar-refractivity contribution in [3.8, 4) is 5.75 Å². The first-order valence-electron chi connectivity index (χ1n) is 8.38. The highest BCUT2D eigenvalue weighted by Crippen LogP contribution is 2.21. The smallest absolute Gasteiger partial charge is 0.255 e.